The highest BCUT2D eigenvalue weighted by Gasteiger charge is 2.28. The Morgan fingerprint density at radius 1 is 1.21 bits per heavy atom. The number of primary amides is 1. The van der Waals surface area contributed by atoms with Crippen LogP contribution in [0.15, 0.2) is 53.1 Å². The van der Waals surface area contributed by atoms with Crippen LogP contribution < -0.4 is 15.8 Å². The molecule has 9 nitrogen and oxygen atoms in total. The maximum Gasteiger partial charge on any atom is 0.404 e. The Morgan fingerprint density at radius 2 is 1.97 bits per heavy atom. The van der Waals surface area contributed by atoms with Crippen LogP contribution in [0, 0.1) is 5.41 Å². The standard InChI is InChI=1S/C28H36BrN5O4/c1-28(2,3)25(38-26(30)36)9-11-34(4)16-20-14-19(6-7-24(20)37-5)23-8-10-31-27(33-23)32-22-13-18(17-35)12-21(29)15-22/h6-8,10,12-15,25,35H,9,11,16-17H2,1-5H3,(H2,30,36)(H,31,32,33). The van der Waals surface area contributed by atoms with Gasteiger partial charge in [0.05, 0.1) is 19.4 Å². The lowest BCUT2D eigenvalue weighted by Gasteiger charge is -2.31. The lowest BCUT2D eigenvalue weighted by Crippen LogP contribution is -2.36. The van der Waals surface area contributed by atoms with E-state index in [1.165, 1.54) is 0 Å². The number of nitrogens with one attached hydrogen (secondary N) is 1. The van der Waals surface area contributed by atoms with Gasteiger partial charge < -0.3 is 30.5 Å². The number of hydrogen-bond donors (Lipinski definition) is 3. The molecule has 0 saturated carbocycles. The predicted molar refractivity (Wildman–Crippen MR) is 152 cm³/mol. The number of amides is 1. The van der Waals surface area contributed by atoms with Crippen LogP contribution in [0.3, 0.4) is 0 Å². The van der Waals surface area contributed by atoms with Gasteiger partial charge >= 0.3 is 6.09 Å². The van der Waals surface area contributed by atoms with Crippen LogP contribution in [-0.4, -0.2) is 52.9 Å². The fourth-order valence-corrected chi connectivity index (χ4v) is 4.64. The number of aliphatic hydroxyl groups is 1. The summed E-state index contributed by atoms with van der Waals surface area (Å²) in [6.07, 6.45) is 1.31. The van der Waals surface area contributed by atoms with Gasteiger partial charge in [0.15, 0.2) is 0 Å². The molecule has 1 atom stereocenters. The van der Waals surface area contributed by atoms with Gasteiger partial charge in [-0.1, -0.05) is 36.7 Å². The summed E-state index contributed by atoms with van der Waals surface area (Å²) < 4.78 is 11.8. The summed E-state index contributed by atoms with van der Waals surface area (Å²) in [6.45, 7) is 7.35. The third-order valence-electron chi connectivity index (χ3n) is 6.07. The molecule has 10 heteroatoms. The quantitative estimate of drug-likeness (QED) is 0.270. The van der Waals surface area contributed by atoms with E-state index in [9.17, 15) is 9.90 Å². The number of aliphatic hydroxyl groups excluding tert-OH is 1. The van der Waals surface area contributed by atoms with Crippen molar-refractivity contribution in [1.82, 2.24) is 14.9 Å². The number of benzene rings is 2. The highest BCUT2D eigenvalue weighted by Crippen LogP contribution is 2.29. The fourth-order valence-electron chi connectivity index (χ4n) is 4.10. The molecule has 3 rings (SSSR count). The van der Waals surface area contributed by atoms with Gasteiger partial charge in [0.1, 0.15) is 11.9 Å². The first kappa shape index (κ1) is 29.3. The smallest absolute Gasteiger partial charge is 0.404 e. The molecule has 3 aromatic rings. The number of carbonyl (C=O) groups is 1. The van der Waals surface area contributed by atoms with Crippen LogP contribution in [-0.2, 0) is 17.9 Å². The molecule has 0 fully saturated rings. The van der Waals surface area contributed by atoms with Gasteiger partial charge in [-0.05, 0) is 66.9 Å². The molecule has 0 radical (unpaired) electrons. The number of nitrogens with zero attached hydrogens (tertiary/aromatic N) is 3. The van der Waals surface area contributed by atoms with Crippen molar-refractivity contribution in [3.63, 3.8) is 0 Å². The monoisotopic (exact) mass is 585 g/mol. The van der Waals surface area contributed by atoms with E-state index in [2.05, 4.69) is 37.2 Å². The van der Waals surface area contributed by atoms with Crippen LogP contribution in [0.2, 0.25) is 0 Å². The second kappa shape index (κ2) is 13.0. The highest BCUT2D eigenvalue weighted by atomic mass is 79.9. The second-order valence-electron chi connectivity index (χ2n) is 10.2. The number of ether oxygens (including phenoxy) is 2. The molecule has 38 heavy (non-hydrogen) atoms. The van der Waals surface area contributed by atoms with Crippen LogP contribution in [0.5, 0.6) is 5.75 Å². The Morgan fingerprint density at radius 3 is 2.63 bits per heavy atom. The lowest BCUT2D eigenvalue weighted by molar-refractivity contribution is 0.0256. The van der Waals surface area contributed by atoms with Crippen LogP contribution in [0.25, 0.3) is 11.3 Å². The minimum Gasteiger partial charge on any atom is -0.496 e. The molecule has 204 valence electrons. The highest BCUT2D eigenvalue weighted by molar-refractivity contribution is 9.10. The average molecular weight is 587 g/mol. The van der Waals surface area contributed by atoms with E-state index < -0.39 is 6.09 Å². The van der Waals surface area contributed by atoms with Gasteiger partial charge in [0, 0.05) is 40.6 Å². The second-order valence-corrected chi connectivity index (χ2v) is 11.2. The largest absolute Gasteiger partial charge is 0.496 e. The lowest BCUT2D eigenvalue weighted by atomic mass is 9.87. The van der Waals surface area contributed by atoms with Crippen molar-refractivity contribution in [2.45, 2.75) is 46.4 Å². The predicted octanol–water partition coefficient (Wildman–Crippen LogP) is 5.48. The van der Waals surface area contributed by atoms with Crippen molar-refractivity contribution in [2.75, 3.05) is 26.0 Å². The molecular formula is C28H36BrN5O4. The van der Waals surface area contributed by atoms with Gasteiger partial charge in [-0.2, -0.15) is 0 Å². The Hall–Kier alpha value is -3.21. The Bertz CT molecular complexity index is 1250. The molecule has 0 aliphatic rings. The molecule has 0 saturated heterocycles. The van der Waals surface area contributed by atoms with Crippen molar-refractivity contribution in [3.05, 3.63) is 64.3 Å². The first-order valence-corrected chi connectivity index (χ1v) is 13.1. The summed E-state index contributed by atoms with van der Waals surface area (Å²) in [4.78, 5) is 22.6. The van der Waals surface area contributed by atoms with E-state index >= 15 is 0 Å². The number of aromatic nitrogens is 2. The first-order chi connectivity index (χ1) is 18.0. The summed E-state index contributed by atoms with van der Waals surface area (Å²) in [5.74, 6) is 1.22. The molecule has 4 N–H and O–H groups in total. The minimum absolute atomic E-state index is 0.0624. The number of hydrogen-bond acceptors (Lipinski definition) is 8. The van der Waals surface area contributed by atoms with Gasteiger partial charge in [-0.25, -0.2) is 14.8 Å². The Balaban J connectivity index is 1.77. The van der Waals surface area contributed by atoms with Crippen LogP contribution >= 0.6 is 15.9 Å². The summed E-state index contributed by atoms with van der Waals surface area (Å²) in [6, 6.07) is 13.4. The van der Waals surface area contributed by atoms with E-state index in [1.54, 1.807) is 13.3 Å². The first-order valence-electron chi connectivity index (χ1n) is 12.3. The maximum absolute atomic E-state index is 11.4. The number of nitrogens with two attached hydrogens (primary N) is 1. The van der Waals surface area contributed by atoms with Crippen LogP contribution in [0.4, 0.5) is 16.4 Å². The number of halogens is 1. The maximum atomic E-state index is 11.4. The topological polar surface area (TPSA) is 123 Å². The van der Waals surface area contributed by atoms with Crippen molar-refractivity contribution in [1.29, 1.82) is 0 Å². The molecule has 0 spiro atoms. The molecule has 2 aromatic carbocycles. The summed E-state index contributed by atoms with van der Waals surface area (Å²) in [5, 5.41) is 12.7. The third-order valence-corrected chi connectivity index (χ3v) is 6.52. The van der Waals surface area contributed by atoms with Gasteiger partial charge in [0.25, 0.3) is 0 Å². The summed E-state index contributed by atoms with van der Waals surface area (Å²) >= 11 is 3.46. The van der Waals surface area contributed by atoms with E-state index in [0.29, 0.717) is 25.5 Å². The van der Waals surface area contributed by atoms with E-state index in [1.807, 2.05) is 64.2 Å². The van der Waals surface area contributed by atoms with Crippen molar-refractivity contribution in [3.8, 4) is 17.0 Å². The number of anilines is 2. The van der Waals surface area contributed by atoms with E-state index in [0.717, 1.165) is 38.3 Å². The molecule has 1 aromatic heterocycles. The molecule has 1 heterocycles. The minimum atomic E-state index is -0.755. The van der Waals surface area contributed by atoms with Gasteiger partial charge in [-0.15, -0.1) is 0 Å². The average Bonchev–Trinajstić information content (AvgIpc) is 2.85. The van der Waals surface area contributed by atoms with Crippen molar-refractivity contribution in [2.24, 2.45) is 11.1 Å². The summed E-state index contributed by atoms with van der Waals surface area (Å²) in [5.41, 5.74) is 9.30. The summed E-state index contributed by atoms with van der Waals surface area (Å²) in [7, 11) is 3.67. The molecule has 1 unspecified atom stereocenters. The van der Waals surface area contributed by atoms with Gasteiger partial charge in [-0.3, -0.25) is 0 Å². The number of rotatable bonds is 11. The fraction of sp³-hybridized carbons (Fsp3) is 0.393. The third kappa shape index (κ3) is 8.41. The Kier molecular flexibility index (Phi) is 10.1. The van der Waals surface area contributed by atoms with Crippen molar-refractivity contribution < 1.29 is 19.4 Å². The normalized spacial score (nSPS) is 12.3. The zero-order valence-corrected chi connectivity index (χ0v) is 24.1. The van der Waals surface area contributed by atoms with E-state index in [-0.39, 0.29) is 18.1 Å². The Labute approximate surface area is 232 Å². The van der Waals surface area contributed by atoms with E-state index in [4.69, 9.17) is 20.2 Å². The number of carbonyl (C=O) groups excluding carboxylic acids is 1. The number of methoxy groups -OCH3 is 1. The van der Waals surface area contributed by atoms with Gasteiger partial charge in [0.2, 0.25) is 5.95 Å². The molecular weight excluding hydrogens is 550 g/mol. The molecule has 1 amide bonds. The molecule has 0 aliphatic carbocycles. The zero-order valence-electron chi connectivity index (χ0n) is 22.5. The molecule has 0 aliphatic heterocycles. The van der Waals surface area contributed by atoms with Crippen molar-refractivity contribution >= 4 is 33.7 Å². The van der Waals surface area contributed by atoms with Crippen LogP contribution in [0.1, 0.15) is 38.3 Å². The molecule has 0 bridgehead atoms. The SMILES string of the molecule is COc1ccc(-c2ccnc(Nc3cc(Br)cc(CO)c3)n2)cc1CN(C)CCC(OC(N)=O)C(C)(C)C. The zero-order chi connectivity index (χ0) is 27.9.